The molecule has 0 fully saturated rings. The van der Waals surface area contributed by atoms with Crippen LogP contribution in [0, 0.1) is 0 Å². The molecule has 0 radical (unpaired) electrons. The first kappa shape index (κ1) is 76.2. The highest BCUT2D eigenvalue weighted by Crippen LogP contribution is 2.18. The Bertz CT molecular complexity index is 1600. The van der Waals surface area contributed by atoms with Gasteiger partial charge in [0.1, 0.15) is 49.4 Å². The van der Waals surface area contributed by atoms with E-state index in [0.29, 0.717) is 277 Å². The number of ether oxygens (including phenoxy) is 22. The molecular weight excluding hydrogens is 1080 g/mol. The molecule has 0 aromatic heterocycles. The van der Waals surface area contributed by atoms with Crippen molar-refractivity contribution in [2.75, 3.05) is 277 Å². The molecule has 0 saturated heterocycles. The third-order valence-corrected chi connectivity index (χ3v) is 9.91. The van der Waals surface area contributed by atoms with Crippen LogP contribution in [0.15, 0.2) is 53.6 Å². The molecule has 0 aliphatic carbocycles. The molecule has 0 atom stereocenters. The number of hydrogen-bond donors (Lipinski definition) is 1. The van der Waals surface area contributed by atoms with E-state index in [-0.39, 0.29) is 0 Å². The van der Waals surface area contributed by atoms with Crippen molar-refractivity contribution in [3.8, 4) is 23.0 Å². The van der Waals surface area contributed by atoms with Gasteiger partial charge in [-0.1, -0.05) is 5.11 Å². The molecule has 0 aliphatic heterocycles. The maximum atomic E-state index is 8.14. The van der Waals surface area contributed by atoms with E-state index in [1.807, 2.05) is 62.4 Å². The van der Waals surface area contributed by atoms with Crippen LogP contribution >= 0.6 is 0 Å². The largest absolute Gasteiger partial charge is 0.491 e. The van der Waals surface area contributed by atoms with Crippen LogP contribution in [0.5, 0.6) is 23.0 Å². The van der Waals surface area contributed by atoms with Crippen LogP contribution in [-0.4, -0.2) is 277 Å². The lowest BCUT2D eigenvalue weighted by Gasteiger charge is -2.10. The summed E-state index contributed by atoms with van der Waals surface area (Å²) in [6, 6.07) is 14.9. The molecule has 0 heterocycles. The normalized spacial score (nSPS) is 11.1. The summed E-state index contributed by atoms with van der Waals surface area (Å²) in [6.07, 6.45) is 0. The summed E-state index contributed by atoms with van der Waals surface area (Å²) < 4.78 is 120. The summed E-state index contributed by atoms with van der Waals surface area (Å²) in [6.45, 7) is 25.6. The smallest absolute Gasteiger partial charge is 0.119 e. The minimum Gasteiger partial charge on any atom is -0.491 e. The first-order chi connectivity index (χ1) is 40.7. The Morgan fingerprint density at radius 1 is 0.268 bits per heavy atom. The van der Waals surface area contributed by atoms with Gasteiger partial charge in [-0.3, -0.25) is 0 Å². The van der Waals surface area contributed by atoms with Crippen LogP contribution in [0.2, 0.25) is 0 Å². The van der Waals surface area contributed by atoms with E-state index in [0.717, 1.165) is 23.0 Å². The topological polar surface area (TPSA) is 278 Å². The molecule has 0 amide bonds. The molecule has 2 rings (SSSR count). The number of hydrogen-bond acceptors (Lipinski definition) is 24. The molecule has 0 unspecified atom stereocenters. The van der Waals surface area contributed by atoms with Crippen LogP contribution in [0.25, 0.3) is 10.4 Å². The summed E-state index contributed by atoms with van der Waals surface area (Å²) in [5.41, 5.74) is 13.5. The molecule has 26 heteroatoms. The fraction of sp³-hybridized carbons (Fsp3) is 0.786. The maximum Gasteiger partial charge on any atom is 0.119 e. The quantitative estimate of drug-likeness (QED) is 0.0413. The Balaban J connectivity index is 0.000000821. The van der Waals surface area contributed by atoms with Gasteiger partial charge in [-0.25, -0.2) is 0 Å². The van der Waals surface area contributed by atoms with Gasteiger partial charge in [0.2, 0.25) is 0 Å². The van der Waals surface area contributed by atoms with Gasteiger partial charge in [0.05, 0.1) is 225 Å². The van der Waals surface area contributed by atoms with Crippen LogP contribution in [0.1, 0.15) is 13.8 Å². The number of azide groups is 1. The summed E-state index contributed by atoms with van der Waals surface area (Å²) in [5.74, 6) is 3.00. The van der Waals surface area contributed by atoms with Crippen LogP contribution in [0.4, 0.5) is 0 Å². The minimum atomic E-state index is 0.326. The highest BCUT2D eigenvalue weighted by atomic mass is 16.6. The molecule has 2 aromatic carbocycles. The van der Waals surface area contributed by atoms with Crippen LogP contribution < -0.4 is 24.7 Å². The summed E-state index contributed by atoms with van der Waals surface area (Å²) >= 11 is 0. The zero-order valence-electron chi connectivity index (χ0n) is 49.2. The third-order valence-electron chi connectivity index (χ3n) is 9.91. The standard InChI is InChI=1S/C28H49N3O11.C28H51NO11/c1-2-32-9-10-34-13-14-36-17-18-38-20-22-40-24-26-42-28-5-3-27(4-6-28)41-25-23-39-21-19-37-16-15-35-12-11-33-8-7-30-31-29;1-2-30-9-10-32-13-14-34-17-18-36-20-22-38-24-26-40-28-5-3-27(4-6-28)39-25-23-37-21-19-35-16-15-33-12-11-31-8-7-29/h3-6H,2,7-26H2,1H3;3-6H,2,7-26,29H2,1H3. The van der Waals surface area contributed by atoms with Crippen LogP contribution in [-0.2, 0) is 85.3 Å². The number of rotatable bonds is 65. The predicted molar refractivity (Wildman–Crippen MR) is 304 cm³/mol. The molecule has 0 saturated carbocycles. The molecule has 2 N–H and O–H groups in total. The Hall–Kier alpha value is -3.81. The van der Waals surface area contributed by atoms with E-state index in [2.05, 4.69) is 10.0 Å². The van der Waals surface area contributed by atoms with Gasteiger partial charge >= 0.3 is 0 Å². The van der Waals surface area contributed by atoms with Crippen molar-refractivity contribution >= 4 is 0 Å². The Morgan fingerprint density at radius 3 is 0.622 bits per heavy atom. The lowest BCUT2D eigenvalue weighted by molar-refractivity contribution is -0.0119. The second-order valence-electron chi connectivity index (χ2n) is 16.3. The SMILES string of the molecule is CCOCCOCCOCCOCCOCCOc1ccc(OCCOCCOCCOCCOCCN)cc1.CCOCCOCCOCCOCCOCCOc1ccc(OCCOCCOCCOCCOCCN=[N+]=[N-])cc1. The fourth-order valence-electron chi connectivity index (χ4n) is 5.94. The Morgan fingerprint density at radius 2 is 0.439 bits per heavy atom. The molecule has 26 nitrogen and oxygen atoms in total. The van der Waals surface area contributed by atoms with E-state index < -0.39 is 0 Å². The van der Waals surface area contributed by atoms with E-state index >= 15 is 0 Å². The lowest BCUT2D eigenvalue weighted by Crippen LogP contribution is -2.15. The summed E-state index contributed by atoms with van der Waals surface area (Å²) in [5, 5.41) is 3.37. The zero-order chi connectivity index (χ0) is 58.6. The third kappa shape index (κ3) is 58.0. The van der Waals surface area contributed by atoms with E-state index in [9.17, 15) is 0 Å². The fourth-order valence-corrected chi connectivity index (χ4v) is 5.94. The number of nitrogens with two attached hydrogens (primary N) is 1. The second kappa shape index (κ2) is 66.3. The molecule has 476 valence electrons. The minimum absolute atomic E-state index is 0.326. The zero-order valence-corrected chi connectivity index (χ0v) is 49.2. The Labute approximate surface area is 487 Å². The molecule has 0 aliphatic rings. The van der Waals surface area contributed by atoms with Crippen molar-refractivity contribution in [1.82, 2.24) is 0 Å². The average molecular weight is 1180 g/mol. The first-order valence-electron chi connectivity index (χ1n) is 28.5. The van der Waals surface area contributed by atoms with Crippen molar-refractivity contribution in [2.24, 2.45) is 10.8 Å². The first-order valence-corrected chi connectivity index (χ1v) is 28.5. The molecule has 0 bridgehead atoms. The van der Waals surface area contributed by atoms with E-state index in [1.54, 1.807) is 0 Å². The van der Waals surface area contributed by atoms with Crippen LogP contribution in [0.3, 0.4) is 0 Å². The van der Waals surface area contributed by atoms with Gasteiger partial charge in [-0.15, -0.1) is 0 Å². The van der Waals surface area contributed by atoms with Gasteiger partial charge in [0, 0.05) is 31.2 Å². The van der Waals surface area contributed by atoms with Crippen molar-refractivity contribution in [2.45, 2.75) is 13.8 Å². The van der Waals surface area contributed by atoms with Crippen molar-refractivity contribution in [3.05, 3.63) is 59.0 Å². The molecular formula is C56H100N4O22. The monoisotopic (exact) mass is 1180 g/mol. The molecule has 82 heavy (non-hydrogen) atoms. The van der Waals surface area contributed by atoms with Gasteiger partial charge < -0.3 is 110 Å². The number of benzene rings is 2. The summed E-state index contributed by atoms with van der Waals surface area (Å²) in [7, 11) is 0. The summed E-state index contributed by atoms with van der Waals surface area (Å²) in [4.78, 5) is 2.65. The van der Waals surface area contributed by atoms with Crippen molar-refractivity contribution < 1.29 is 104 Å². The Kier molecular flexibility index (Phi) is 61.6. The molecule has 2 aromatic rings. The van der Waals surface area contributed by atoms with E-state index in [1.165, 1.54) is 0 Å². The van der Waals surface area contributed by atoms with Crippen molar-refractivity contribution in [1.29, 1.82) is 0 Å². The van der Waals surface area contributed by atoms with Gasteiger partial charge in [0.15, 0.2) is 0 Å². The van der Waals surface area contributed by atoms with E-state index in [4.69, 9.17) is 115 Å². The number of nitrogens with zero attached hydrogens (tertiary/aromatic N) is 3. The van der Waals surface area contributed by atoms with Crippen molar-refractivity contribution in [3.63, 3.8) is 0 Å². The second-order valence-corrected chi connectivity index (χ2v) is 16.3. The molecule has 0 spiro atoms. The van der Waals surface area contributed by atoms with Gasteiger partial charge in [-0.05, 0) is 67.9 Å². The van der Waals surface area contributed by atoms with Gasteiger partial charge in [-0.2, -0.15) is 0 Å². The van der Waals surface area contributed by atoms with Gasteiger partial charge in [0.25, 0.3) is 0 Å². The predicted octanol–water partition coefficient (Wildman–Crippen LogP) is 4.50. The highest BCUT2D eigenvalue weighted by molar-refractivity contribution is 5.32. The lowest BCUT2D eigenvalue weighted by atomic mass is 10.3. The average Bonchev–Trinajstić information content (AvgIpc) is 3.51. The highest BCUT2D eigenvalue weighted by Gasteiger charge is 2.02. The maximum absolute atomic E-state index is 8.14.